The number of rotatable bonds is 3. The molecule has 1 aliphatic heterocycles. The molecular weight excluding hydrogens is 313 g/mol. The molecule has 0 spiro atoms. The molecule has 0 bridgehead atoms. The number of amidine groups is 1. The fourth-order valence-electron chi connectivity index (χ4n) is 2.43. The maximum absolute atomic E-state index is 13.5. The summed E-state index contributed by atoms with van der Waals surface area (Å²) in [6.45, 7) is 2.34. The van der Waals surface area contributed by atoms with Crippen LogP contribution in [0.5, 0.6) is 0 Å². The Bertz CT molecular complexity index is 481. The Labute approximate surface area is 120 Å². The molecule has 2 rings (SSSR count). The van der Waals surface area contributed by atoms with Crippen molar-refractivity contribution < 1.29 is 9.60 Å². The van der Waals surface area contributed by atoms with Crippen molar-refractivity contribution in [3.05, 3.63) is 34.1 Å². The van der Waals surface area contributed by atoms with Gasteiger partial charge in [0.15, 0.2) is 0 Å². The summed E-state index contributed by atoms with van der Waals surface area (Å²) in [6.07, 6.45) is 1.92. The summed E-state index contributed by atoms with van der Waals surface area (Å²) >= 11 is 3.27. The van der Waals surface area contributed by atoms with Crippen LogP contribution in [0, 0.1) is 11.7 Å². The van der Waals surface area contributed by atoms with Crippen LogP contribution in [0.25, 0.3) is 0 Å². The Morgan fingerprint density at radius 3 is 3.11 bits per heavy atom. The lowest BCUT2D eigenvalue weighted by Crippen LogP contribution is -2.40. The maximum atomic E-state index is 13.5. The molecule has 1 aliphatic rings. The van der Waals surface area contributed by atoms with E-state index in [9.17, 15) is 4.39 Å². The lowest BCUT2D eigenvalue weighted by molar-refractivity contribution is 0.192. The number of hydrogen-bond donors (Lipinski definition) is 2. The van der Waals surface area contributed by atoms with E-state index in [0.717, 1.165) is 31.5 Å². The van der Waals surface area contributed by atoms with Gasteiger partial charge >= 0.3 is 0 Å². The van der Waals surface area contributed by atoms with Crippen molar-refractivity contribution in [3.8, 4) is 0 Å². The van der Waals surface area contributed by atoms with E-state index in [1.807, 2.05) is 6.07 Å². The van der Waals surface area contributed by atoms with Crippen molar-refractivity contribution in [1.82, 2.24) is 4.90 Å². The van der Waals surface area contributed by atoms with Crippen LogP contribution in [0.3, 0.4) is 0 Å². The van der Waals surface area contributed by atoms with Gasteiger partial charge in [-0.25, -0.2) is 4.39 Å². The first-order valence-corrected chi connectivity index (χ1v) is 7.03. The quantitative estimate of drug-likeness (QED) is 0.387. The van der Waals surface area contributed by atoms with Crippen molar-refractivity contribution in [1.29, 1.82) is 0 Å². The molecule has 6 heteroatoms. The molecule has 0 radical (unpaired) electrons. The average molecular weight is 330 g/mol. The number of piperidine rings is 1. The Hall–Kier alpha value is -1.14. The Morgan fingerprint density at radius 2 is 2.37 bits per heavy atom. The van der Waals surface area contributed by atoms with Gasteiger partial charge in [-0.1, -0.05) is 17.3 Å². The molecule has 1 saturated heterocycles. The second-order valence-electron chi connectivity index (χ2n) is 4.81. The molecule has 1 heterocycles. The van der Waals surface area contributed by atoms with Crippen LogP contribution < -0.4 is 5.73 Å². The summed E-state index contributed by atoms with van der Waals surface area (Å²) in [7, 11) is 0. The van der Waals surface area contributed by atoms with Crippen LogP contribution in [-0.4, -0.2) is 29.0 Å². The Balaban J connectivity index is 2.05. The number of nitrogens with two attached hydrogens (primary N) is 1. The van der Waals surface area contributed by atoms with E-state index in [4.69, 9.17) is 10.9 Å². The predicted molar refractivity (Wildman–Crippen MR) is 75.5 cm³/mol. The van der Waals surface area contributed by atoms with Gasteiger partial charge in [-0.2, -0.15) is 0 Å². The summed E-state index contributed by atoms with van der Waals surface area (Å²) in [4.78, 5) is 2.20. The minimum atomic E-state index is -0.248. The van der Waals surface area contributed by atoms with Gasteiger partial charge in [0.05, 0.1) is 4.47 Å². The van der Waals surface area contributed by atoms with Crippen LogP contribution in [0.4, 0.5) is 4.39 Å². The summed E-state index contributed by atoms with van der Waals surface area (Å²) in [5.74, 6) is 0.108. The molecule has 1 fully saturated rings. The zero-order valence-electron chi connectivity index (χ0n) is 10.5. The van der Waals surface area contributed by atoms with Gasteiger partial charge in [0.1, 0.15) is 11.7 Å². The molecule has 0 saturated carbocycles. The molecular formula is C13H17BrFN3O. The topological polar surface area (TPSA) is 61.9 Å². The van der Waals surface area contributed by atoms with Crippen LogP contribution >= 0.6 is 15.9 Å². The summed E-state index contributed by atoms with van der Waals surface area (Å²) < 4.78 is 14.0. The second-order valence-corrected chi connectivity index (χ2v) is 5.61. The van der Waals surface area contributed by atoms with Gasteiger partial charge in [-0.3, -0.25) is 4.90 Å². The lowest BCUT2D eigenvalue weighted by atomic mass is 9.96. The minimum absolute atomic E-state index is 0.0751. The van der Waals surface area contributed by atoms with Crippen molar-refractivity contribution >= 4 is 21.8 Å². The number of nitrogens with zero attached hydrogens (tertiary/aromatic N) is 2. The predicted octanol–water partition coefficient (Wildman–Crippen LogP) is 2.55. The van der Waals surface area contributed by atoms with Gasteiger partial charge in [0, 0.05) is 19.0 Å². The van der Waals surface area contributed by atoms with Crippen molar-refractivity contribution in [2.75, 3.05) is 13.1 Å². The highest BCUT2D eigenvalue weighted by molar-refractivity contribution is 9.10. The fraction of sp³-hybridized carbons (Fsp3) is 0.462. The molecule has 4 nitrogen and oxygen atoms in total. The highest BCUT2D eigenvalue weighted by Crippen LogP contribution is 2.24. The fourth-order valence-corrected chi connectivity index (χ4v) is 2.82. The molecule has 3 N–H and O–H groups in total. The standard InChI is InChI=1S/C13H17BrFN3O/c14-12-9(3-1-5-11(12)15)7-18-6-2-4-10(8-18)13(16)17-19/h1,3,5,10,19H,2,4,6-8H2,(H2,16,17). The third-order valence-electron chi connectivity index (χ3n) is 3.46. The molecule has 1 unspecified atom stereocenters. The zero-order valence-corrected chi connectivity index (χ0v) is 12.1. The van der Waals surface area contributed by atoms with E-state index in [2.05, 4.69) is 26.0 Å². The smallest absolute Gasteiger partial charge is 0.143 e. The van der Waals surface area contributed by atoms with E-state index in [-0.39, 0.29) is 17.6 Å². The summed E-state index contributed by atoms with van der Waals surface area (Å²) in [5, 5.41) is 11.8. The number of likely N-dealkylation sites (tertiary alicyclic amines) is 1. The third kappa shape index (κ3) is 3.45. The lowest BCUT2D eigenvalue weighted by Gasteiger charge is -2.32. The van der Waals surface area contributed by atoms with Crippen LogP contribution in [0.1, 0.15) is 18.4 Å². The van der Waals surface area contributed by atoms with E-state index in [1.54, 1.807) is 6.07 Å². The molecule has 0 aliphatic carbocycles. The molecule has 1 atom stereocenters. The first-order valence-electron chi connectivity index (χ1n) is 6.24. The van der Waals surface area contributed by atoms with Crippen LogP contribution in [0.15, 0.2) is 27.8 Å². The number of hydrogen-bond acceptors (Lipinski definition) is 3. The highest BCUT2D eigenvalue weighted by Gasteiger charge is 2.23. The van der Waals surface area contributed by atoms with E-state index < -0.39 is 0 Å². The normalized spacial score (nSPS) is 21.6. The SMILES string of the molecule is N/C(=N/O)C1CCCN(Cc2cccc(F)c2Br)C1. The van der Waals surface area contributed by atoms with Gasteiger partial charge < -0.3 is 10.9 Å². The van der Waals surface area contributed by atoms with E-state index in [1.165, 1.54) is 6.07 Å². The highest BCUT2D eigenvalue weighted by atomic mass is 79.9. The van der Waals surface area contributed by atoms with Gasteiger partial charge in [0.25, 0.3) is 0 Å². The van der Waals surface area contributed by atoms with Gasteiger partial charge in [0.2, 0.25) is 0 Å². The molecule has 0 aromatic heterocycles. The van der Waals surface area contributed by atoms with Crippen molar-refractivity contribution in [3.63, 3.8) is 0 Å². The number of halogens is 2. The molecule has 104 valence electrons. The second kappa shape index (κ2) is 6.34. The van der Waals surface area contributed by atoms with Crippen molar-refractivity contribution in [2.24, 2.45) is 16.8 Å². The van der Waals surface area contributed by atoms with Crippen molar-refractivity contribution in [2.45, 2.75) is 19.4 Å². The molecule has 1 aromatic rings. The first-order chi connectivity index (χ1) is 9.11. The third-order valence-corrected chi connectivity index (χ3v) is 4.35. The number of benzene rings is 1. The molecule has 1 aromatic carbocycles. The first kappa shape index (κ1) is 14.3. The molecule has 19 heavy (non-hydrogen) atoms. The van der Waals surface area contributed by atoms with Crippen LogP contribution in [-0.2, 0) is 6.54 Å². The zero-order chi connectivity index (χ0) is 13.8. The maximum Gasteiger partial charge on any atom is 0.143 e. The molecule has 0 amide bonds. The Kier molecular flexibility index (Phi) is 4.76. The summed E-state index contributed by atoms with van der Waals surface area (Å²) in [6, 6.07) is 5.05. The van der Waals surface area contributed by atoms with Crippen LogP contribution in [0.2, 0.25) is 0 Å². The largest absolute Gasteiger partial charge is 0.409 e. The van der Waals surface area contributed by atoms with Gasteiger partial charge in [-0.05, 0) is 46.9 Å². The number of oxime groups is 1. The Morgan fingerprint density at radius 1 is 1.58 bits per heavy atom. The average Bonchev–Trinajstić information content (AvgIpc) is 2.43. The van der Waals surface area contributed by atoms with E-state index in [0.29, 0.717) is 11.0 Å². The monoisotopic (exact) mass is 329 g/mol. The van der Waals surface area contributed by atoms with E-state index >= 15 is 0 Å². The minimum Gasteiger partial charge on any atom is -0.409 e. The van der Waals surface area contributed by atoms with Gasteiger partial charge in [-0.15, -0.1) is 0 Å². The summed E-state index contributed by atoms with van der Waals surface area (Å²) in [5.41, 5.74) is 6.58.